The summed E-state index contributed by atoms with van der Waals surface area (Å²) in [7, 11) is 0. The van der Waals surface area contributed by atoms with Crippen LogP contribution in [-0.2, 0) is 23.8 Å². The topological polar surface area (TPSA) is 203 Å². The van der Waals surface area contributed by atoms with Gasteiger partial charge in [0, 0.05) is 0 Å². The zero-order valence-corrected chi connectivity index (χ0v) is 28.7. The molecule has 0 radical (unpaired) electrons. The largest absolute Gasteiger partial charge is 0.481 e. The van der Waals surface area contributed by atoms with Crippen LogP contribution in [0.15, 0.2) is 11.6 Å². The van der Waals surface area contributed by atoms with E-state index in [0.29, 0.717) is 44.9 Å². The van der Waals surface area contributed by atoms with Crippen LogP contribution in [0, 0.1) is 50.2 Å². The molecular weight excluding hydrogens is 624 g/mol. The number of aliphatic carboxylic acids is 1. The number of carboxylic acid groups (broad SMARTS) is 1. The minimum atomic E-state index is -1.67. The highest BCUT2D eigenvalue weighted by atomic mass is 16.7. The zero-order valence-electron chi connectivity index (χ0n) is 28.7. The van der Waals surface area contributed by atoms with Crippen molar-refractivity contribution in [3.05, 3.63) is 11.6 Å². The van der Waals surface area contributed by atoms with Crippen LogP contribution in [0.4, 0.5) is 0 Å². The van der Waals surface area contributed by atoms with E-state index in [1.807, 2.05) is 0 Å². The van der Waals surface area contributed by atoms with Crippen LogP contribution in [0.2, 0.25) is 0 Å². The van der Waals surface area contributed by atoms with Gasteiger partial charge >= 0.3 is 11.9 Å². The van der Waals surface area contributed by atoms with Gasteiger partial charge in [0.25, 0.3) is 0 Å². The lowest BCUT2D eigenvalue weighted by Crippen LogP contribution is -2.70. The van der Waals surface area contributed by atoms with Crippen LogP contribution in [0.3, 0.4) is 0 Å². The smallest absolute Gasteiger partial charge is 0.317 e. The summed E-state index contributed by atoms with van der Waals surface area (Å²) in [4.78, 5) is 26.9. The van der Waals surface area contributed by atoms with Gasteiger partial charge in [-0.3, -0.25) is 9.59 Å². The Labute approximate surface area is 281 Å². The molecule has 0 spiro atoms. The van der Waals surface area contributed by atoms with E-state index in [0.717, 1.165) is 12.0 Å². The number of aliphatic hydroxyl groups excluding tert-OH is 6. The van der Waals surface area contributed by atoms with Crippen molar-refractivity contribution in [3.8, 4) is 0 Å². The molecule has 2 saturated heterocycles. The van der Waals surface area contributed by atoms with E-state index in [1.165, 1.54) is 0 Å². The Morgan fingerprint density at radius 3 is 2.29 bits per heavy atom. The Kier molecular flexibility index (Phi) is 7.92. The molecule has 0 aromatic rings. The first-order valence-electron chi connectivity index (χ1n) is 17.8. The number of rotatable bonds is 5. The highest BCUT2D eigenvalue weighted by molar-refractivity contribution is 5.82. The van der Waals surface area contributed by atoms with Gasteiger partial charge in [-0.05, 0) is 90.8 Å². The Bertz CT molecular complexity index is 1380. The quantitative estimate of drug-likeness (QED) is 0.126. The minimum absolute atomic E-state index is 0.00904. The number of hydrogen-bond acceptors (Lipinski definition) is 11. The van der Waals surface area contributed by atoms with Crippen LogP contribution >= 0.6 is 0 Å². The summed E-state index contributed by atoms with van der Waals surface area (Å²) in [5.41, 5.74) is -3.00. The third-order valence-corrected chi connectivity index (χ3v) is 15.5. The summed E-state index contributed by atoms with van der Waals surface area (Å²) in [5.74, 6) is -2.16. The van der Waals surface area contributed by atoms with Crippen molar-refractivity contribution >= 4 is 11.9 Å². The highest BCUT2D eigenvalue weighted by Crippen LogP contribution is 2.76. The molecule has 16 atom stereocenters. The van der Waals surface area contributed by atoms with E-state index in [2.05, 4.69) is 40.7 Å². The van der Waals surface area contributed by atoms with Crippen LogP contribution < -0.4 is 0 Å². The normalized spacial score (nSPS) is 55.4. The second kappa shape index (κ2) is 10.9. The maximum absolute atomic E-state index is 13.9. The van der Waals surface area contributed by atoms with Gasteiger partial charge in [0.15, 0.2) is 6.29 Å². The van der Waals surface area contributed by atoms with Crippen LogP contribution in [0.5, 0.6) is 0 Å². The molecule has 12 heteroatoms. The summed E-state index contributed by atoms with van der Waals surface area (Å²) in [6, 6.07) is 0. The molecule has 7 aliphatic rings. The van der Waals surface area contributed by atoms with Crippen LogP contribution in [-0.4, -0.2) is 110 Å². The van der Waals surface area contributed by atoms with Gasteiger partial charge in [-0.15, -0.1) is 0 Å². The number of carbonyl (C=O) groups is 2. The molecule has 7 rings (SSSR count). The monoisotopic (exact) mass is 678 g/mol. The molecule has 0 aromatic carbocycles. The first-order chi connectivity index (χ1) is 22.4. The summed E-state index contributed by atoms with van der Waals surface area (Å²) < 4.78 is 17.9. The van der Waals surface area contributed by atoms with E-state index >= 15 is 0 Å². The second-order valence-corrected chi connectivity index (χ2v) is 17.9. The summed E-state index contributed by atoms with van der Waals surface area (Å²) in [6.45, 7) is 9.81. The molecule has 270 valence electrons. The van der Waals surface area contributed by atoms with Crippen molar-refractivity contribution in [2.24, 2.45) is 50.2 Å². The van der Waals surface area contributed by atoms with Crippen LogP contribution in [0.1, 0.15) is 86.0 Å². The average Bonchev–Trinajstić information content (AvgIpc) is 3.20. The van der Waals surface area contributed by atoms with Crippen molar-refractivity contribution in [2.75, 3.05) is 13.2 Å². The highest BCUT2D eigenvalue weighted by Gasteiger charge is 2.77. The lowest BCUT2D eigenvalue weighted by atomic mass is 9.33. The molecule has 2 aliphatic heterocycles. The second-order valence-electron chi connectivity index (χ2n) is 17.9. The molecule has 48 heavy (non-hydrogen) atoms. The number of carbonyl (C=O) groups excluding carboxylic acids is 1. The number of ether oxygens (including phenoxy) is 3. The maximum atomic E-state index is 13.9. The molecular formula is C36H54O12. The molecule has 2 heterocycles. The first kappa shape index (κ1) is 34.8. The van der Waals surface area contributed by atoms with Crippen molar-refractivity contribution in [1.29, 1.82) is 0 Å². The van der Waals surface area contributed by atoms with Gasteiger partial charge in [0.1, 0.15) is 47.5 Å². The van der Waals surface area contributed by atoms with E-state index < -0.39 is 95.8 Å². The predicted molar refractivity (Wildman–Crippen MR) is 168 cm³/mol. The lowest BCUT2D eigenvalue weighted by molar-refractivity contribution is -0.331. The van der Waals surface area contributed by atoms with Gasteiger partial charge in [-0.25, -0.2) is 0 Å². The number of fused-ring (bicyclic) bond motifs is 10. The fraction of sp³-hybridized carbons (Fsp3) is 0.889. The van der Waals surface area contributed by atoms with E-state index in [-0.39, 0.29) is 28.6 Å². The van der Waals surface area contributed by atoms with E-state index in [9.17, 15) is 45.3 Å². The minimum Gasteiger partial charge on any atom is -0.481 e. The Morgan fingerprint density at radius 2 is 1.65 bits per heavy atom. The van der Waals surface area contributed by atoms with Gasteiger partial charge in [-0.1, -0.05) is 46.3 Å². The van der Waals surface area contributed by atoms with Gasteiger partial charge in [-0.2, -0.15) is 0 Å². The molecule has 2 unspecified atom stereocenters. The molecule has 4 saturated carbocycles. The van der Waals surface area contributed by atoms with Crippen molar-refractivity contribution < 1.29 is 59.5 Å². The molecule has 2 bridgehead atoms. The number of esters is 1. The summed E-state index contributed by atoms with van der Waals surface area (Å²) in [6.07, 6.45) is -3.66. The van der Waals surface area contributed by atoms with Crippen molar-refractivity contribution in [1.82, 2.24) is 0 Å². The maximum Gasteiger partial charge on any atom is 0.317 e. The number of hydrogen-bond donors (Lipinski definition) is 7. The average molecular weight is 679 g/mol. The fourth-order valence-corrected chi connectivity index (χ4v) is 12.7. The number of aliphatic hydroxyl groups is 6. The Hall–Kier alpha value is -1.64. The summed E-state index contributed by atoms with van der Waals surface area (Å²) in [5, 5.41) is 74.9. The molecule has 0 aromatic heterocycles. The van der Waals surface area contributed by atoms with Crippen molar-refractivity contribution in [2.45, 2.75) is 135 Å². The van der Waals surface area contributed by atoms with Crippen molar-refractivity contribution in [3.63, 3.8) is 0 Å². The third-order valence-electron chi connectivity index (χ3n) is 15.5. The number of carboxylic acids is 1. The van der Waals surface area contributed by atoms with Gasteiger partial charge in [0.2, 0.25) is 0 Å². The molecule has 6 fully saturated rings. The van der Waals surface area contributed by atoms with E-state index in [4.69, 9.17) is 14.2 Å². The Balaban J connectivity index is 1.26. The molecule has 5 aliphatic carbocycles. The fourth-order valence-electron chi connectivity index (χ4n) is 12.7. The summed E-state index contributed by atoms with van der Waals surface area (Å²) >= 11 is 0. The first-order valence-corrected chi connectivity index (χ1v) is 17.8. The third kappa shape index (κ3) is 4.17. The Morgan fingerprint density at radius 1 is 0.938 bits per heavy atom. The zero-order chi connectivity index (χ0) is 35.0. The predicted octanol–water partition coefficient (Wildman–Crippen LogP) is 1.52. The van der Waals surface area contributed by atoms with E-state index in [1.54, 1.807) is 0 Å². The SMILES string of the molecule is CC1(C)CC[C@]2(C(=O)O)[C@H](O)C[C@]3(C)C(=CCC4[C@@]5(C)C[C@@H]6OC(=O)[C@@](CO)(C5CC[C@]43C)[C@H]6O[C@@H]3O[C@H](CO)[C@@H](O)[C@H](O)[C@H]3O)[C@@H]2C1. The van der Waals surface area contributed by atoms with Crippen LogP contribution in [0.25, 0.3) is 0 Å². The molecule has 12 nitrogen and oxygen atoms in total. The van der Waals surface area contributed by atoms with Gasteiger partial charge < -0.3 is 50.0 Å². The number of allylic oxidation sites excluding steroid dienone is 2. The lowest BCUT2D eigenvalue weighted by Gasteiger charge is -2.71. The molecule has 0 amide bonds. The molecule has 7 N–H and O–H groups in total. The van der Waals surface area contributed by atoms with Gasteiger partial charge in [0.05, 0.1) is 19.3 Å². The standard InChI is InChI=1S/C36H54O12/c1-31(2)10-11-35(29(43)44)18(12-31)17-6-7-21-32(3)13-19-27(48-28-26(42)25(41)24(40)20(15-37)46-28)36(16-38,30(45)47-19)22(32)8-9-33(21,4)34(17,5)14-23(35)39/h6,18-28,37-42H,7-16H2,1-5H3,(H,43,44)/t18-,19-,20+,21?,22?,23+,24+,25-,26+,27-,28-,32+,33+,34+,35+,36-/m0/s1.